The molecule has 3 rings (SSSR count). The lowest BCUT2D eigenvalue weighted by molar-refractivity contribution is 0.287. The molecule has 0 saturated heterocycles. The molecule has 3 heteroatoms. The van der Waals surface area contributed by atoms with Crippen molar-refractivity contribution in [1.82, 2.24) is 0 Å². The van der Waals surface area contributed by atoms with Crippen LogP contribution in [0.4, 0.5) is 8.78 Å². The van der Waals surface area contributed by atoms with Crippen LogP contribution in [-0.4, -0.2) is 0 Å². The van der Waals surface area contributed by atoms with Gasteiger partial charge in [-0.05, 0) is 92.7 Å². The maximum atomic E-state index is 14.0. The van der Waals surface area contributed by atoms with E-state index < -0.39 is 17.2 Å². The number of allylic oxidation sites excluding steroid dienone is 2. The molecular weight excluding hydrogens is 400 g/mol. The molecule has 0 amide bonds. The van der Waals surface area contributed by atoms with Gasteiger partial charge in [0, 0.05) is 0 Å². The van der Waals surface area contributed by atoms with Gasteiger partial charge in [-0.1, -0.05) is 64.0 Å². The van der Waals surface area contributed by atoms with E-state index in [1.807, 2.05) is 0 Å². The summed E-state index contributed by atoms with van der Waals surface area (Å²) >= 11 is 0. The van der Waals surface area contributed by atoms with E-state index in [-0.39, 0.29) is 5.92 Å². The second-order valence-electron chi connectivity index (χ2n) is 10.3. The highest BCUT2D eigenvalue weighted by molar-refractivity contribution is 5.36. The number of benzene rings is 1. The molecule has 1 aromatic rings. The van der Waals surface area contributed by atoms with Gasteiger partial charge in [0.1, 0.15) is 23.3 Å². The molecule has 1 nitrogen and oxygen atoms in total. The second kappa shape index (κ2) is 13.1. The number of rotatable bonds is 10. The minimum Gasteiger partial charge on any atom is -0.205 e. The number of nitrogens with zero attached hydrogens (tertiary/aromatic N) is 1. The third-order valence-corrected chi connectivity index (χ3v) is 7.93. The van der Waals surface area contributed by atoms with Crippen molar-refractivity contribution >= 4 is 0 Å². The molecule has 2 saturated carbocycles. The van der Waals surface area contributed by atoms with E-state index in [0.717, 1.165) is 37.5 Å². The van der Waals surface area contributed by atoms with Gasteiger partial charge in [-0.15, -0.1) is 0 Å². The average Bonchev–Trinajstić information content (AvgIpc) is 2.81. The molecule has 2 aliphatic rings. The molecule has 0 aliphatic heterocycles. The highest BCUT2D eigenvalue weighted by atomic mass is 19.1. The molecule has 2 aliphatic carbocycles. The van der Waals surface area contributed by atoms with Crippen LogP contribution in [0, 0.1) is 40.7 Å². The fraction of sp³-hybridized carbons (Fsp3) is 0.690. The zero-order valence-electron chi connectivity index (χ0n) is 19.9. The maximum absolute atomic E-state index is 14.0. The van der Waals surface area contributed by atoms with Gasteiger partial charge in [-0.3, -0.25) is 0 Å². The lowest BCUT2D eigenvalue weighted by Crippen LogP contribution is -2.15. The highest BCUT2D eigenvalue weighted by Crippen LogP contribution is 2.38. The molecular formula is C29H41F2N. The van der Waals surface area contributed by atoms with Crippen molar-refractivity contribution in [3.8, 4) is 6.07 Å². The van der Waals surface area contributed by atoms with Crippen LogP contribution in [0.3, 0.4) is 0 Å². The smallest absolute Gasteiger partial charge is 0.144 e. The Labute approximate surface area is 194 Å². The van der Waals surface area contributed by atoms with Gasteiger partial charge in [0.15, 0.2) is 0 Å². The standard InChI is InChI=1S/C29H41F2N/c1-2-3-4-5-6-7-8-22-9-11-23(12-10-22)13-14-24-15-17-25(18-16-24)26-19-28(30)27(21-32)29(31)20-26/h13-14,19-20,22-25H,2-12,15-18H2,1H3/t22-,23-,24-,25-. The Balaban J connectivity index is 1.35. The number of hydrogen-bond acceptors (Lipinski definition) is 1. The van der Waals surface area contributed by atoms with E-state index in [4.69, 9.17) is 5.26 Å². The second-order valence-corrected chi connectivity index (χ2v) is 10.3. The van der Waals surface area contributed by atoms with Crippen molar-refractivity contribution in [1.29, 1.82) is 5.26 Å². The molecule has 0 atom stereocenters. The zero-order valence-corrected chi connectivity index (χ0v) is 19.9. The molecule has 0 spiro atoms. The van der Waals surface area contributed by atoms with Crippen LogP contribution < -0.4 is 0 Å². The Morgan fingerprint density at radius 2 is 1.34 bits per heavy atom. The normalized spacial score (nSPS) is 26.3. The van der Waals surface area contributed by atoms with E-state index in [1.165, 1.54) is 82.8 Å². The summed E-state index contributed by atoms with van der Waals surface area (Å²) in [5.74, 6) is 1.05. The van der Waals surface area contributed by atoms with Crippen molar-refractivity contribution in [2.24, 2.45) is 17.8 Å². The van der Waals surface area contributed by atoms with Crippen LogP contribution in [-0.2, 0) is 0 Å². The van der Waals surface area contributed by atoms with Crippen LogP contribution in [0.25, 0.3) is 0 Å². The quantitative estimate of drug-likeness (QED) is 0.262. The van der Waals surface area contributed by atoms with Crippen molar-refractivity contribution in [2.75, 3.05) is 0 Å². The van der Waals surface area contributed by atoms with Gasteiger partial charge >= 0.3 is 0 Å². The molecule has 1 aromatic carbocycles. The molecule has 2 fully saturated rings. The topological polar surface area (TPSA) is 23.8 Å². The summed E-state index contributed by atoms with van der Waals surface area (Å²) in [6.07, 6.45) is 24.3. The molecule has 0 N–H and O–H groups in total. The summed E-state index contributed by atoms with van der Waals surface area (Å²) < 4.78 is 27.9. The van der Waals surface area contributed by atoms with Gasteiger partial charge in [0.25, 0.3) is 0 Å². The first-order valence-electron chi connectivity index (χ1n) is 13.2. The molecule has 176 valence electrons. The Kier molecular flexibility index (Phi) is 10.2. The van der Waals surface area contributed by atoms with Crippen LogP contribution in [0.2, 0.25) is 0 Å². The van der Waals surface area contributed by atoms with E-state index in [9.17, 15) is 8.78 Å². The number of nitriles is 1. The van der Waals surface area contributed by atoms with E-state index >= 15 is 0 Å². The van der Waals surface area contributed by atoms with Gasteiger partial charge in [0.05, 0.1) is 0 Å². The predicted octanol–water partition coefficient (Wildman–Crippen LogP) is 9.22. The van der Waals surface area contributed by atoms with E-state index in [2.05, 4.69) is 19.1 Å². The van der Waals surface area contributed by atoms with Gasteiger partial charge in [0.2, 0.25) is 0 Å². The largest absolute Gasteiger partial charge is 0.205 e. The minimum absolute atomic E-state index is 0.203. The first-order valence-corrected chi connectivity index (χ1v) is 13.2. The lowest BCUT2D eigenvalue weighted by Gasteiger charge is -2.29. The van der Waals surface area contributed by atoms with E-state index in [1.54, 1.807) is 6.07 Å². The summed E-state index contributed by atoms with van der Waals surface area (Å²) in [7, 11) is 0. The summed E-state index contributed by atoms with van der Waals surface area (Å²) in [6.45, 7) is 2.28. The fourth-order valence-corrected chi connectivity index (χ4v) is 5.78. The van der Waals surface area contributed by atoms with Crippen molar-refractivity contribution in [3.05, 3.63) is 47.0 Å². The molecule has 32 heavy (non-hydrogen) atoms. The summed E-state index contributed by atoms with van der Waals surface area (Å²) in [5.41, 5.74) is 0.247. The maximum Gasteiger partial charge on any atom is 0.144 e. The monoisotopic (exact) mass is 441 g/mol. The Hall–Kier alpha value is -1.69. The Bertz CT molecular complexity index is 739. The van der Waals surface area contributed by atoms with Gasteiger partial charge in [-0.2, -0.15) is 5.26 Å². The van der Waals surface area contributed by atoms with Crippen LogP contribution in [0.15, 0.2) is 24.3 Å². The van der Waals surface area contributed by atoms with Crippen molar-refractivity contribution in [2.45, 2.75) is 109 Å². The van der Waals surface area contributed by atoms with Crippen LogP contribution in [0.5, 0.6) is 0 Å². The van der Waals surface area contributed by atoms with Crippen molar-refractivity contribution in [3.63, 3.8) is 0 Å². The first-order chi connectivity index (χ1) is 15.6. The third-order valence-electron chi connectivity index (χ3n) is 7.93. The molecule has 0 bridgehead atoms. The number of unbranched alkanes of at least 4 members (excludes halogenated alkanes) is 5. The zero-order chi connectivity index (χ0) is 22.8. The summed E-state index contributed by atoms with van der Waals surface area (Å²) in [4.78, 5) is 0. The summed E-state index contributed by atoms with van der Waals surface area (Å²) in [5, 5.41) is 8.85. The lowest BCUT2D eigenvalue weighted by atomic mass is 9.76. The molecule has 0 heterocycles. The van der Waals surface area contributed by atoms with Crippen molar-refractivity contribution < 1.29 is 8.78 Å². The number of halogens is 2. The average molecular weight is 442 g/mol. The number of hydrogen-bond donors (Lipinski definition) is 0. The fourth-order valence-electron chi connectivity index (χ4n) is 5.78. The third kappa shape index (κ3) is 7.43. The minimum atomic E-state index is -0.725. The van der Waals surface area contributed by atoms with Crippen LogP contribution in [0.1, 0.15) is 120 Å². The highest BCUT2D eigenvalue weighted by Gasteiger charge is 2.24. The SMILES string of the molecule is CCCCCCCC[C@H]1CC[C@H](C=C[C@H]2CC[C@H](c3cc(F)c(C#N)c(F)c3)CC2)CC1. The van der Waals surface area contributed by atoms with Gasteiger partial charge in [-0.25, -0.2) is 8.78 Å². The molecule has 0 aromatic heterocycles. The van der Waals surface area contributed by atoms with Gasteiger partial charge < -0.3 is 0 Å². The summed E-state index contributed by atoms with van der Waals surface area (Å²) in [6, 6.07) is 4.35. The Morgan fingerprint density at radius 1 is 0.812 bits per heavy atom. The van der Waals surface area contributed by atoms with Crippen LogP contribution >= 0.6 is 0 Å². The molecule has 0 unspecified atom stereocenters. The molecule has 0 radical (unpaired) electrons. The Morgan fingerprint density at radius 3 is 1.91 bits per heavy atom. The van der Waals surface area contributed by atoms with E-state index in [0.29, 0.717) is 11.5 Å². The predicted molar refractivity (Wildman–Crippen MR) is 128 cm³/mol. The first kappa shape index (κ1) is 24.9.